The van der Waals surface area contributed by atoms with Gasteiger partial charge in [0.1, 0.15) is 0 Å². The van der Waals surface area contributed by atoms with Crippen LogP contribution in [0, 0.1) is 11.8 Å². The van der Waals surface area contributed by atoms with E-state index in [9.17, 15) is 14.7 Å². The van der Waals surface area contributed by atoms with Gasteiger partial charge < -0.3 is 9.84 Å². The topological polar surface area (TPSA) is 63.6 Å². The Morgan fingerprint density at radius 3 is 2.68 bits per heavy atom. The number of aliphatic hydroxyl groups excluding tert-OH is 1. The summed E-state index contributed by atoms with van der Waals surface area (Å²) in [5, 5.41) is 9.37. The largest absolute Gasteiger partial charge is 0.466 e. The fourth-order valence-corrected chi connectivity index (χ4v) is 2.99. The molecule has 0 amide bonds. The molecule has 22 heavy (non-hydrogen) atoms. The van der Waals surface area contributed by atoms with Crippen molar-refractivity contribution < 1.29 is 19.4 Å². The van der Waals surface area contributed by atoms with E-state index < -0.39 is 0 Å². The smallest absolute Gasteiger partial charge is 0.305 e. The van der Waals surface area contributed by atoms with Gasteiger partial charge in [-0.05, 0) is 51.5 Å². The van der Waals surface area contributed by atoms with Crippen molar-refractivity contribution in [1.82, 2.24) is 0 Å². The van der Waals surface area contributed by atoms with Crippen molar-refractivity contribution in [2.45, 2.75) is 71.3 Å². The molecule has 0 aliphatic heterocycles. The average Bonchev–Trinajstić information content (AvgIpc) is 2.81. The molecule has 0 saturated heterocycles. The van der Waals surface area contributed by atoms with Crippen LogP contribution in [0.4, 0.5) is 0 Å². The molecule has 0 bridgehead atoms. The van der Waals surface area contributed by atoms with Crippen molar-refractivity contribution in [3.63, 3.8) is 0 Å². The molecule has 0 heterocycles. The normalized spacial score (nSPS) is 22.0. The van der Waals surface area contributed by atoms with E-state index in [1.807, 2.05) is 13.0 Å². The first-order valence-electron chi connectivity index (χ1n) is 8.60. The highest BCUT2D eigenvalue weighted by Gasteiger charge is 2.29. The van der Waals surface area contributed by atoms with E-state index in [-0.39, 0.29) is 23.8 Å². The minimum Gasteiger partial charge on any atom is -0.466 e. The number of aliphatic hydroxyl groups is 1. The lowest BCUT2D eigenvalue weighted by atomic mass is 9.86. The number of hydrogen-bond donors (Lipinski definition) is 1. The molecule has 4 nitrogen and oxygen atoms in total. The van der Waals surface area contributed by atoms with Crippen molar-refractivity contribution in [2.75, 3.05) is 6.61 Å². The van der Waals surface area contributed by atoms with Gasteiger partial charge in [0.2, 0.25) is 0 Å². The minimum atomic E-state index is -0.298. The van der Waals surface area contributed by atoms with Gasteiger partial charge in [-0.3, -0.25) is 9.59 Å². The van der Waals surface area contributed by atoms with Gasteiger partial charge in [-0.25, -0.2) is 0 Å². The fourth-order valence-electron chi connectivity index (χ4n) is 2.99. The number of carbonyl (C=O) groups excluding carboxylic acids is 2. The highest BCUT2D eigenvalue weighted by atomic mass is 16.5. The Kier molecular flexibility index (Phi) is 9.05. The maximum Gasteiger partial charge on any atom is 0.305 e. The highest BCUT2D eigenvalue weighted by molar-refractivity contribution is 5.94. The Hall–Kier alpha value is -1.16. The average molecular weight is 310 g/mol. The zero-order valence-electron chi connectivity index (χ0n) is 13.9. The molecule has 0 radical (unpaired) electrons. The van der Waals surface area contributed by atoms with E-state index in [4.69, 9.17) is 4.74 Å². The summed E-state index contributed by atoms with van der Waals surface area (Å²) >= 11 is 0. The number of carbonyl (C=O) groups is 2. The Morgan fingerprint density at radius 2 is 2.00 bits per heavy atom. The number of hydrogen-bond acceptors (Lipinski definition) is 4. The molecule has 0 spiro atoms. The Balaban J connectivity index is 2.14. The summed E-state index contributed by atoms with van der Waals surface area (Å²) in [6, 6.07) is 0. The molecule has 1 rings (SSSR count). The molecule has 1 aliphatic rings. The molecule has 0 aromatic carbocycles. The molecule has 0 aromatic heterocycles. The molecule has 0 saturated carbocycles. The predicted molar refractivity (Wildman–Crippen MR) is 86.4 cm³/mol. The van der Waals surface area contributed by atoms with Crippen LogP contribution in [0.3, 0.4) is 0 Å². The molecule has 0 fully saturated rings. The van der Waals surface area contributed by atoms with E-state index in [2.05, 4.69) is 0 Å². The van der Waals surface area contributed by atoms with Gasteiger partial charge in [0, 0.05) is 12.3 Å². The van der Waals surface area contributed by atoms with Gasteiger partial charge in [-0.15, -0.1) is 0 Å². The van der Waals surface area contributed by atoms with Gasteiger partial charge in [-0.1, -0.05) is 25.3 Å². The summed E-state index contributed by atoms with van der Waals surface area (Å²) in [6.07, 6.45) is 10.4. The number of rotatable bonds is 11. The standard InChI is InChI=1S/C18H30O4/c1-3-22-18(21)9-7-5-4-6-8-16-15(11-10-14(2)19)12-13-17(16)20/h12-16,19H,3-11H2,1-2H3. The summed E-state index contributed by atoms with van der Waals surface area (Å²) < 4.78 is 4.89. The van der Waals surface area contributed by atoms with Crippen molar-refractivity contribution in [3.05, 3.63) is 12.2 Å². The molecule has 1 N–H and O–H groups in total. The first-order valence-corrected chi connectivity index (χ1v) is 8.60. The summed E-state index contributed by atoms with van der Waals surface area (Å²) in [6.45, 7) is 4.06. The lowest BCUT2D eigenvalue weighted by Crippen LogP contribution is -2.17. The van der Waals surface area contributed by atoms with Crippen LogP contribution >= 0.6 is 0 Å². The number of ketones is 1. The summed E-state index contributed by atoms with van der Waals surface area (Å²) in [7, 11) is 0. The number of unbranched alkanes of at least 4 members (excludes halogenated alkanes) is 3. The maximum absolute atomic E-state index is 11.9. The van der Waals surface area contributed by atoms with Crippen LogP contribution in [0.1, 0.15) is 65.2 Å². The van der Waals surface area contributed by atoms with Gasteiger partial charge >= 0.3 is 5.97 Å². The van der Waals surface area contributed by atoms with Gasteiger partial charge in [0.05, 0.1) is 12.7 Å². The molecule has 0 aromatic rings. The number of ether oxygens (including phenoxy) is 1. The molecular weight excluding hydrogens is 280 g/mol. The lowest BCUT2D eigenvalue weighted by molar-refractivity contribution is -0.143. The van der Waals surface area contributed by atoms with Crippen molar-refractivity contribution >= 4 is 11.8 Å². The second kappa shape index (κ2) is 10.5. The van der Waals surface area contributed by atoms with Crippen molar-refractivity contribution in [3.8, 4) is 0 Å². The predicted octanol–water partition coefficient (Wildman–Crippen LogP) is 3.42. The van der Waals surface area contributed by atoms with E-state index in [1.54, 1.807) is 13.0 Å². The summed E-state index contributed by atoms with van der Waals surface area (Å²) in [4.78, 5) is 23.1. The van der Waals surface area contributed by atoms with E-state index in [1.165, 1.54) is 0 Å². The Morgan fingerprint density at radius 1 is 1.27 bits per heavy atom. The van der Waals surface area contributed by atoms with Crippen LogP contribution in [-0.2, 0) is 14.3 Å². The van der Waals surface area contributed by atoms with E-state index >= 15 is 0 Å². The van der Waals surface area contributed by atoms with Crippen LogP contribution in [0.2, 0.25) is 0 Å². The van der Waals surface area contributed by atoms with Crippen LogP contribution in [0.25, 0.3) is 0 Å². The molecule has 3 atom stereocenters. The van der Waals surface area contributed by atoms with Gasteiger partial charge in [0.25, 0.3) is 0 Å². The quantitative estimate of drug-likeness (QED) is 0.469. The van der Waals surface area contributed by atoms with Gasteiger partial charge in [-0.2, -0.15) is 0 Å². The number of esters is 1. The lowest BCUT2D eigenvalue weighted by Gasteiger charge is -2.18. The van der Waals surface area contributed by atoms with Crippen molar-refractivity contribution in [2.24, 2.45) is 11.8 Å². The fraction of sp³-hybridized carbons (Fsp3) is 0.778. The van der Waals surface area contributed by atoms with Crippen molar-refractivity contribution in [1.29, 1.82) is 0 Å². The molecule has 126 valence electrons. The second-order valence-electron chi connectivity index (χ2n) is 6.22. The first kappa shape index (κ1) is 18.9. The summed E-state index contributed by atoms with van der Waals surface area (Å²) in [5.41, 5.74) is 0. The molecular formula is C18H30O4. The third kappa shape index (κ3) is 7.21. The van der Waals surface area contributed by atoms with Crippen LogP contribution < -0.4 is 0 Å². The van der Waals surface area contributed by atoms with Crippen LogP contribution in [-0.4, -0.2) is 29.6 Å². The van der Waals surface area contributed by atoms with Gasteiger partial charge in [0.15, 0.2) is 5.78 Å². The number of allylic oxidation sites excluding steroid dienone is 2. The third-order valence-electron chi connectivity index (χ3n) is 4.26. The molecule has 3 unspecified atom stereocenters. The zero-order valence-corrected chi connectivity index (χ0v) is 13.9. The highest BCUT2D eigenvalue weighted by Crippen LogP contribution is 2.31. The van der Waals surface area contributed by atoms with E-state index in [0.29, 0.717) is 18.9 Å². The maximum atomic E-state index is 11.9. The second-order valence-corrected chi connectivity index (χ2v) is 6.22. The van der Waals surface area contributed by atoms with E-state index in [0.717, 1.165) is 44.9 Å². The molecule has 1 aliphatic carbocycles. The van der Waals surface area contributed by atoms with Crippen LogP contribution in [0.15, 0.2) is 12.2 Å². The zero-order chi connectivity index (χ0) is 16.4. The first-order chi connectivity index (χ1) is 10.5. The Labute approximate surface area is 133 Å². The Bertz CT molecular complexity index is 373. The third-order valence-corrected chi connectivity index (χ3v) is 4.26. The molecule has 4 heteroatoms. The van der Waals surface area contributed by atoms with Crippen LogP contribution in [0.5, 0.6) is 0 Å². The monoisotopic (exact) mass is 310 g/mol. The minimum absolute atomic E-state index is 0.101. The SMILES string of the molecule is CCOC(=O)CCCCCCC1C(=O)C=CC1CCC(C)O. The summed E-state index contributed by atoms with van der Waals surface area (Å²) in [5.74, 6) is 0.517.